The monoisotopic (exact) mass is 596 g/mol. The topological polar surface area (TPSA) is 100 Å². The third-order valence-electron chi connectivity index (χ3n) is 7.19. The van der Waals surface area contributed by atoms with Crippen molar-refractivity contribution in [3.63, 3.8) is 0 Å². The van der Waals surface area contributed by atoms with Gasteiger partial charge in [-0.2, -0.15) is 4.31 Å². The summed E-state index contributed by atoms with van der Waals surface area (Å²) in [5.41, 5.74) is 3.38. The van der Waals surface area contributed by atoms with Crippen LogP contribution >= 0.6 is 22.7 Å². The summed E-state index contributed by atoms with van der Waals surface area (Å²) < 4.78 is 35.2. The van der Waals surface area contributed by atoms with Gasteiger partial charge in [0.15, 0.2) is 0 Å². The zero-order valence-corrected chi connectivity index (χ0v) is 24.3. The molecule has 0 spiro atoms. The van der Waals surface area contributed by atoms with Crippen molar-refractivity contribution >= 4 is 60.4 Å². The number of aryl methyl sites for hydroxylation is 1. The fourth-order valence-electron chi connectivity index (χ4n) is 5.05. The molecule has 2 aliphatic rings. The number of hydrogen-bond acceptors (Lipinski definition) is 9. The Morgan fingerprint density at radius 2 is 1.85 bits per heavy atom. The number of sulfonamides is 1. The lowest BCUT2D eigenvalue weighted by molar-refractivity contribution is -0.122. The Morgan fingerprint density at radius 3 is 2.58 bits per heavy atom. The molecule has 0 saturated carbocycles. The van der Waals surface area contributed by atoms with Gasteiger partial charge in [0, 0.05) is 31.7 Å². The molecule has 2 aromatic carbocycles. The van der Waals surface area contributed by atoms with E-state index in [4.69, 9.17) is 9.72 Å². The third-order valence-corrected chi connectivity index (χ3v) is 11.5. The molecule has 2 fully saturated rings. The molecular formula is C28H28N4O5S3. The standard InChI is InChI=1S/C28H28N4O5S3/c1-19-4-9-22-24(17-19)39-27(29-22)20-5-7-21(8-6-20)32-25(33)18-23(28(32)34)31(11-10-30-12-14-37-15-13-30)40(35,36)26-3-2-16-38-26/h2-9,16-17,23H,10-15,18H2,1H3. The van der Waals surface area contributed by atoms with Crippen LogP contribution in [-0.4, -0.2) is 79.9 Å². The molecule has 1 unspecified atom stereocenters. The molecule has 40 heavy (non-hydrogen) atoms. The van der Waals surface area contributed by atoms with E-state index in [2.05, 4.69) is 11.0 Å². The smallest absolute Gasteiger partial charge is 0.253 e. The summed E-state index contributed by atoms with van der Waals surface area (Å²) in [6.45, 7) is 5.14. The highest BCUT2D eigenvalue weighted by Gasteiger charge is 2.47. The third kappa shape index (κ3) is 5.22. The van der Waals surface area contributed by atoms with E-state index in [0.29, 0.717) is 38.5 Å². The highest BCUT2D eigenvalue weighted by molar-refractivity contribution is 7.91. The predicted octanol–water partition coefficient (Wildman–Crippen LogP) is 3.99. The lowest BCUT2D eigenvalue weighted by Crippen LogP contribution is -2.49. The molecule has 2 amide bonds. The van der Waals surface area contributed by atoms with Gasteiger partial charge in [-0.25, -0.2) is 18.3 Å². The molecule has 208 valence electrons. The van der Waals surface area contributed by atoms with E-state index < -0.39 is 27.9 Å². The van der Waals surface area contributed by atoms with Gasteiger partial charge in [-0.15, -0.1) is 22.7 Å². The molecule has 2 aliphatic heterocycles. The largest absolute Gasteiger partial charge is 0.379 e. The number of ether oxygens (including phenoxy) is 1. The normalized spacial score (nSPS) is 18.9. The van der Waals surface area contributed by atoms with E-state index in [1.807, 2.05) is 31.2 Å². The van der Waals surface area contributed by atoms with Crippen LogP contribution in [0.2, 0.25) is 0 Å². The zero-order chi connectivity index (χ0) is 27.9. The summed E-state index contributed by atoms with van der Waals surface area (Å²) in [7, 11) is -3.98. The number of hydrogen-bond donors (Lipinski definition) is 0. The quantitative estimate of drug-likeness (QED) is 0.284. The summed E-state index contributed by atoms with van der Waals surface area (Å²) >= 11 is 2.68. The van der Waals surface area contributed by atoms with Crippen LogP contribution in [0, 0.1) is 6.92 Å². The Labute approximate surface area is 240 Å². The Hall–Kier alpha value is -3.00. The van der Waals surface area contributed by atoms with Crippen molar-refractivity contribution in [2.75, 3.05) is 44.3 Å². The molecule has 9 nitrogen and oxygen atoms in total. The van der Waals surface area contributed by atoms with Crippen LogP contribution in [-0.2, 0) is 24.3 Å². The molecule has 6 rings (SSSR count). The van der Waals surface area contributed by atoms with Crippen LogP contribution in [0.15, 0.2) is 64.2 Å². The number of carbonyl (C=O) groups is 2. The number of rotatable bonds is 8. The molecule has 1 atom stereocenters. The molecule has 0 radical (unpaired) electrons. The summed E-state index contributed by atoms with van der Waals surface area (Å²) in [4.78, 5) is 34.8. The van der Waals surface area contributed by atoms with Crippen LogP contribution in [0.25, 0.3) is 20.8 Å². The Bertz CT molecular complexity index is 1640. The first-order valence-corrected chi connectivity index (χ1v) is 16.1. The Morgan fingerprint density at radius 1 is 1.07 bits per heavy atom. The molecule has 0 aliphatic carbocycles. The fraction of sp³-hybridized carbons (Fsp3) is 0.321. The maximum absolute atomic E-state index is 13.7. The van der Waals surface area contributed by atoms with Crippen LogP contribution in [0.3, 0.4) is 0 Å². The first kappa shape index (κ1) is 27.2. The van der Waals surface area contributed by atoms with Gasteiger partial charge in [-0.05, 0) is 60.3 Å². The highest BCUT2D eigenvalue weighted by Crippen LogP contribution is 2.34. The minimum Gasteiger partial charge on any atom is -0.379 e. The Balaban J connectivity index is 1.25. The van der Waals surface area contributed by atoms with Gasteiger partial charge in [0.25, 0.3) is 15.9 Å². The molecule has 0 N–H and O–H groups in total. The molecule has 2 saturated heterocycles. The summed E-state index contributed by atoms with van der Waals surface area (Å²) in [5.74, 6) is -0.953. The number of anilines is 1. The summed E-state index contributed by atoms with van der Waals surface area (Å²) in [5, 5.41) is 2.54. The number of nitrogens with zero attached hydrogens (tertiary/aromatic N) is 4. The SMILES string of the molecule is Cc1ccc2nc(-c3ccc(N4C(=O)CC(N(CCN5CCOCC5)S(=O)(=O)c5cccs5)C4=O)cc3)sc2c1. The molecule has 0 bridgehead atoms. The van der Waals surface area contributed by atoms with Crippen LogP contribution < -0.4 is 4.90 Å². The number of amides is 2. The summed E-state index contributed by atoms with van der Waals surface area (Å²) in [6, 6.07) is 15.3. The number of thiophene rings is 1. The first-order valence-electron chi connectivity index (χ1n) is 13.0. The molecule has 2 aromatic heterocycles. The summed E-state index contributed by atoms with van der Waals surface area (Å²) in [6.07, 6.45) is -0.203. The van der Waals surface area contributed by atoms with Crippen molar-refractivity contribution in [2.24, 2.45) is 0 Å². The van der Waals surface area contributed by atoms with Crippen LogP contribution in [0.5, 0.6) is 0 Å². The van der Waals surface area contributed by atoms with Crippen LogP contribution in [0.1, 0.15) is 12.0 Å². The minimum absolute atomic E-state index is 0.105. The molecular weight excluding hydrogens is 569 g/mol. The van der Waals surface area contributed by atoms with E-state index in [-0.39, 0.29) is 17.2 Å². The Kier molecular flexibility index (Phi) is 7.55. The average Bonchev–Trinajstić information content (AvgIpc) is 3.69. The predicted molar refractivity (Wildman–Crippen MR) is 156 cm³/mol. The minimum atomic E-state index is -3.98. The van der Waals surface area contributed by atoms with Crippen molar-refractivity contribution in [2.45, 2.75) is 23.6 Å². The van der Waals surface area contributed by atoms with Gasteiger partial charge in [-0.3, -0.25) is 14.5 Å². The van der Waals surface area contributed by atoms with Gasteiger partial charge in [0.1, 0.15) is 15.3 Å². The fourth-order valence-corrected chi connectivity index (χ4v) is 8.82. The van der Waals surface area contributed by atoms with Gasteiger partial charge >= 0.3 is 0 Å². The lowest BCUT2D eigenvalue weighted by atomic mass is 10.2. The second kappa shape index (κ2) is 11.1. The molecule has 4 heterocycles. The maximum Gasteiger partial charge on any atom is 0.253 e. The van der Waals surface area contributed by atoms with Crippen molar-refractivity contribution in [1.82, 2.24) is 14.2 Å². The number of carbonyl (C=O) groups excluding carboxylic acids is 2. The molecule has 12 heteroatoms. The van der Waals surface area contributed by atoms with Gasteiger partial charge in [0.05, 0.1) is 35.5 Å². The average molecular weight is 597 g/mol. The van der Waals surface area contributed by atoms with E-state index in [9.17, 15) is 18.0 Å². The van der Waals surface area contributed by atoms with Gasteiger partial charge in [-0.1, -0.05) is 12.1 Å². The van der Waals surface area contributed by atoms with Crippen molar-refractivity contribution in [1.29, 1.82) is 0 Å². The van der Waals surface area contributed by atoms with Crippen molar-refractivity contribution < 1.29 is 22.7 Å². The second-order valence-corrected chi connectivity index (χ2v) is 13.9. The van der Waals surface area contributed by atoms with Crippen molar-refractivity contribution in [3.05, 3.63) is 65.5 Å². The molecule has 4 aromatic rings. The number of fused-ring (bicyclic) bond motifs is 1. The van der Waals surface area contributed by atoms with Gasteiger partial charge in [0.2, 0.25) is 5.91 Å². The van der Waals surface area contributed by atoms with E-state index >= 15 is 0 Å². The van der Waals surface area contributed by atoms with Crippen molar-refractivity contribution in [3.8, 4) is 10.6 Å². The van der Waals surface area contributed by atoms with E-state index in [1.54, 1.807) is 34.9 Å². The number of aromatic nitrogens is 1. The number of morpholine rings is 1. The van der Waals surface area contributed by atoms with E-state index in [0.717, 1.165) is 37.0 Å². The highest BCUT2D eigenvalue weighted by atomic mass is 32.2. The number of benzene rings is 2. The van der Waals surface area contributed by atoms with E-state index in [1.165, 1.54) is 15.9 Å². The van der Waals surface area contributed by atoms with Gasteiger partial charge < -0.3 is 4.74 Å². The lowest BCUT2D eigenvalue weighted by Gasteiger charge is -2.31. The van der Waals surface area contributed by atoms with Crippen LogP contribution in [0.4, 0.5) is 5.69 Å². The number of imide groups is 1. The zero-order valence-electron chi connectivity index (χ0n) is 21.9. The number of thiazole rings is 1. The second-order valence-electron chi connectivity index (χ2n) is 9.83. The maximum atomic E-state index is 13.7. The first-order chi connectivity index (χ1) is 19.3.